The van der Waals surface area contributed by atoms with Crippen molar-refractivity contribution in [1.82, 2.24) is 9.78 Å². The van der Waals surface area contributed by atoms with Gasteiger partial charge < -0.3 is 5.73 Å². The molecule has 0 unspecified atom stereocenters. The number of fused-ring (bicyclic) bond motifs is 1. The van der Waals surface area contributed by atoms with Gasteiger partial charge in [-0.3, -0.25) is 9.48 Å². The van der Waals surface area contributed by atoms with Crippen LogP contribution in [0.5, 0.6) is 0 Å². The molecule has 5 heteroatoms. The summed E-state index contributed by atoms with van der Waals surface area (Å²) in [5.41, 5.74) is 9.39. The zero-order valence-electron chi connectivity index (χ0n) is 15.8. The molecule has 4 rings (SSSR count). The van der Waals surface area contributed by atoms with Crippen molar-refractivity contribution in [3.05, 3.63) is 52.6 Å². The molecule has 1 aromatic carbocycles. The van der Waals surface area contributed by atoms with Crippen molar-refractivity contribution in [3.8, 4) is 0 Å². The van der Waals surface area contributed by atoms with Crippen molar-refractivity contribution in [2.75, 3.05) is 0 Å². The quantitative estimate of drug-likeness (QED) is 0.796. The molecule has 2 aliphatic carbocycles. The minimum absolute atomic E-state index is 0.194. The van der Waals surface area contributed by atoms with Gasteiger partial charge in [-0.2, -0.15) is 5.10 Å². The Morgan fingerprint density at radius 1 is 1.15 bits per heavy atom. The minimum atomic E-state index is -0.424. The van der Waals surface area contributed by atoms with E-state index in [1.807, 2.05) is 6.07 Å². The van der Waals surface area contributed by atoms with Gasteiger partial charge in [0.1, 0.15) is 5.82 Å². The number of hydrogen-bond acceptors (Lipinski definition) is 2. The lowest BCUT2D eigenvalue weighted by molar-refractivity contribution is 0.0993. The van der Waals surface area contributed by atoms with Crippen LogP contribution < -0.4 is 5.73 Å². The Morgan fingerprint density at radius 2 is 1.93 bits per heavy atom. The number of carbonyl (C=O) groups is 1. The summed E-state index contributed by atoms with van der Waals surface area (Å²) in [6, 6.07) is 7.23. The first-order valence-corrected chi connectivity index (χ1v) is 10.3. The molecule has 1 saturated carbocycles. The second-order valence-electron chi connectivity index (χ2n) is 8.09. The van der Waals surface area contributed by atoms with E-state index in [9.17, 15) is 9.18 Å². The third-order valence-electron chi connectivity index (χ3n) is 6.19. The fraction of sp³-hybridized carbons (Fsp3) is 0.545. The molecule has 0 saturated heterocycles. The molecule has 2 aromatic rings. The van der Waals surface area contributed by atoms with Gasteiger partial charge in [-0.15, -0.1) is 0 Å². The number of amides is 1. The van der Waals surface area contributed by atoms with E-state index in [2.05, 4.69) is 4.68 Å². The molecule has 1 heterocycles. The molecule has 1 amide bonds. The highest BCUT2D eigenvalue weighted by molar-refractivity contribution is 5.92. The molecular weight excluding hydrogens is 341 g/mol. The van der Waals surface area contributed by atoms with Crippen LogP contribution in [0.25, 0.3) is 0 Å². The summed E-state index contributed by atoms with van der Waals surface area (Å²) in [6.45, 7) is 0. The van der Waals surface area contributed by atoms with Crippen molar-refractivity contribution in [2.45, 2.75) is 76.2 Å². The van der Waals surface area contributed by atoms with Gasteiger partial charge in [0.05, 0.1) is 6.04 Å². The average Bonchev–Trinajstić information content (AvgIpc) is 2.93. The molecule has 27 heavy (non-hydrogen) atoms. The highest BCUT2D eigenvalue weighted by Crippen LogP contribution is 2.39. The van der Waals surface area contributed by atoms with E-state index < -0.39 is 5.91 Å². The van der Waals surface area contributed by atoms with Gasteiger partial charge in [-0.25, -0.2) is 4.39 Å². The molecule has 0 bridgehead atoms. The van der Waals surface area contributed by atoms with Gasteiger partial charge in [0.2, 0.25) is 0 Å². The van der Waals surface area contributed by atoms with Gasteiger partial charge in [0.15, 0.2) is 5.69 Å². The van der Waals surface area contributed by atoms with Crippen LogP contribution >= 0.6 is 0 Å². The number of carbonyl (C=O) groups excluding carboxylic acids is 1. The maximum absolute atomic E-state index is 13.7. The lowest BCUT2D eigenvalue weighted by Crippen LogP contribution is -2.20. The summed E-state index contributed by atoms with van der Waals surface area (Å²) in [5.74, 6) is -0.362. The van der Waals surface area contributed by atoms with Crippen LogP contribution in [0, 0.1) is 5.82 Å². The Bertz CT molecular complexity index is 823. The van der Waals surface area contributed by atoms with Crippen LogP contribution in [0.15, 0.2) is 24.3 Å². The van der Waals surface area contributed by atoms with E-state index >= 15 is 0 Å². The van der Waals surface area contributed by atoms with Crippen molar-refractivity contribution in [1.29, 1.82) is 0 Å². The highest BCUT2D eigenvalue weighted by Gasteiger charge is 2.32. The summed E-state index contributed by atoms with van der Waals surface area (Å²) in [4.78, 5) is 12.1. The van der Waals surface area contributed by atoms with Crippen molar-refractivity contribution < 1.29 is 9.18 Å². The predicted molar refractivity (Wildman–Crippen MR) is 103 cm³/mol. The van der Waals surface area contributed by atoms with E-state index in [4.69, 9.17) is 10.8 Å². The Kier molecular flexibility index (Phi) is 5.28. The first kappa shape index (κ1) is 18.2. The molecule has 4 nitrogen and oxygen atoms in total. The van der Waals surface area contributed by atoms with Crippen LogP contribution in [-0.4, -0.2) is 15.7 Å². The molecule has 1 atom stereocenters. The predicted octanol–water partition coefficient (Wildman–Crippen LogP) is 4.68. The van der Waals surface area contributed by atoms with Gasteiger partial charge in [0.25, 0.3) is 5.91 Å². The van der Waals surface area contributed by atoms with Gasteiger partial charge >= 0.3 is 0 Å². The maximum atomic E-state index is 13.7. The Morgan fingerprint density at radius 3 is 2.67 bits per heavy atom. The second-order valence-corrected chi connectivity index (χ2v) is 8.09. The molecule has 0 aliphatic heterocycles. The van der Waals surface area contributed by atoms with E-state index in [-0.39, 0.29) is 11.7 Å². The van der Waals surface area contributed by atoms with E-state index in [1.54, 1.807) is 12.1 Å². The average molecular weight is 369 g/mol. The molecule has 144 valence electrons. The molecular formula is C22H28FN3O. The monoisotopic (exact) mass is 369 g/mol. The fourth-order valence-corrected chi connectivity index (χ4v) is 4.94. The van der Waals surface area contributed by atoms with Crippen molar-refractivity contribution >= 4 is 5.91 Å². The van der Waals surface area contributed by atoms with Gasteiger partial charge in [0, 0.05) is 17.2 Å². The number of halogens is 1. The van der Waals surface area contributed by atoms with Gasteiger partial charge in [-0.05, 0) is 56.2 Å². The number of rotatable bonds is 4. The third-order valence-corrected chi connectivity index (χ3v) is 6.19. The lowest BCUT2D eigenvalue weighted by atomic mass is 9.89. The SMILES string of the molecule is NC(=O)c1nn(C2CCCCC2)c2c1CCCC[C@H]2Cc1cccc(F)c1. The van der Waals surface area contributed by atoms with Crippen molar-refractivity contribution in [2.24, 2.45) is 5.73 Å². The Hall–Kier alpha value is -2.17. The first-order valence-electron chi connectivity index (χ1n) is 10.3. The number of benzene rings is 1. The number of primary amides is 1. The van der Waals surface area contributed by atoms with Crippen LogP contribution in [-0.2, 0) is 12.8 Å². The molecule has 2 N–H and O–H groups in total. The van der Waals surface area contributed by atoms with Crippen LogP contribution in [0.1, 0.15) is 90.6 Å². The molecule has 2 aliphatic rings. The lowest BCUT2D eigenvalue weighted by Gasteiger charge is -2.27. The smallest absolute Gasteiger partial charge is 0.269 e. The highest BCUT2D eigenvalue weighted by atomic mass is 19.1. The number of aromatic nitrogens is 2. The zero-order chi connectivity index (χ0) is 18.8. The first-order chi connectivity index (χ1) is 13.1. The van der Waals surface area contributed by atoms with E-state index in [1.165, 1.54) is 31.0 Å². The maximum Gasteiger partial charge on any atom is 0.269 e. The molecule has 0 radical (unpaired) electrons. The van der Waals surface area contributed by atoms with E-state index in [0.717, 1.165) is 56.1 Å². The third kappa shape index (κ3) is 3.78. The zero-order valence-corrected chi connectivity index (χ0v) is 15.8. The van der Waals surface area contributed by atoms with Crippen LogP contribution in [0.4, 0.5) is 4.39 Å². The Labute approximate surface area is 159 Å². The fourth-order valence-electron chi connectivity index (χ4n) is 4.94. The number of hydrogen-bond donors (Lipinski definition) is 1. The number of nitrogens with two attached hydrogens (primary N) is 1. The molecule has 1 fully saturated rings. The van der Waals surface area contributed by atoms with E-state index in [0.29, 0.717) is 11.7 Å². The topological polar surface area (TPSA) is 60.9 Å². The summed E-state index contributed by atoms with van der Waals surface area (Å²) >= 11 is 0. The van der Waals surface area contributed by atoms with Crippen molar-refractivity contribution in [3.63, 3.8) is 0 Å². The second kappa shape index (κ2) is 7.83. The molecule has 1 aromatic heterocycles. The minimum Gasteiger partial charge on any atom is -0.364 e. The van der Waals surface area contributed by atoms with Gasteiger partial charge in [-0.1, -0.05) is 37.8 Å². The number of nitrogens with zero attached hydrogens (tertiary/aromatic N) is 2. The largest absolute Gasteiger partial charge is 0.364 e. The summed E-state index contributed by atoms with van der Waals surface area (Å²) < 4.78 is 15.8. The Balaban J connectivity index is 1.76. The van der Waals surface area contributed by atoms with Crippen LogP contribution in [0.3, 0.4) is 0 Å². The van der Waals surface area contributed by atoms with Crippen LogP contribution in [0.2, 0.25) is 0 Å². The normalized spacial score (nSPS) is 20.9. The molecule has 0 spiro atoms. The standard InChI is InChI=1S/C22H28FN3O/c23-17-9-6-7-15(14-17)13-16-8-4-5-12-19-20(22(24)27)25-26(21(16)19)18-10-2-1-3-11-18/h6-7,9,14,16,18H,1-5,8,10-13H2,(H2,24,27)/t16-/m0/s1. The summed E-state index contributed by atoms with van der Waals surface area (Å²) in [5, 5.41) is 4.73. The summed E-state index contributed by atoms with van der Waals surface area (Å²) in [6.07, 6.45) is 10.7. The summed E-state index contributed by atoms with van der Waals surface area (Å²) in [7, 11) is 0.